The molecule has 4 nitrogen and oxygen atoms in total. The molecule has 0 amide bonds. The van der Waals surface area contributed by atoms with E-state index < -0.39 is 34.8 Å². The van der Waals surface area contributed by atoms with Gasteiger partial charge in [-0.3, -0.25) is 9.11 Å². The maximum Gasteiger partial charge on any atom is 1.00 e. The fourth-order valence-electron chi connectivity index (χ4n) is 0.326. The first-order chi connectivity index (χ1) is 7.44. The summed E-state index contributed by atoms with van der Waals surface area (Å²) in [6.07, 6.45) is -11.8. The Morgan fingerprint density at radius 1 is 0.895 bits per heavy atom. The predicted molar refractivity (Wildman–Crippen MR) is 37.2 cm³/mol. The van der Waals surface area contributed by atoms with E-state index in [9.17, 15) is 39.5 Å². The molecule has 0 aliphatic heterocycles. The number of hydrogen-bond acceptors (Lipinski definition) is 2. The predicted octanol–water partition coefficient (Wildman–Crippen LogP) is -0.452. The second kappa shape index (κ2) is 7.02. The van der Waals surface area contributed by atoms with Crippen LogP contribution in [0.2, 0.25) is 0 Å². The topological polar surface area (TPSA) is 74.6 Å². The summed E-state index contributed by atoms with van der Waals surface area (Å²) in [4.78, 5) is 0. The first-order valence-electron chi connectivity index (χ1n) is 3.25. The van der Waals surface area contributed by atoms with Gasteiger partial charge >= 0.3 is 53.7 Å². The van der Waals surface area contributed by atoms with E-state index in [1.807, 2.05) is 0 Å². The fourth-order valence-corrected chi connectivity index (χ4v) is 0.326. The van der Waals surface area contributed by atoms with Crippen molar-refractivity contribution in [2.75, 3.05) is 0 Å². The molecule has 0 heterocycles. The minimum absolute atomic E-state index is 0. The summed E-state index contributed by atoms with van der Waals surface area (Å²) >= 11 is 0. The van der Waals surface area contributed by atoms with Gasteiger partial charge in [-0.25, -0.2) is 8.78 Å². The van der Waals surface area contributed by atoms with Crippen LogP contribution in [0.25, 0.3) is 0 Å². The van der Waals surface area contributed by atoms with Crippen LogP contribution >= 0.6 is 0 Å². The van der Waals surface area contributed by atoms with E-state index in [2.05, 4.69) is 0 Å². The third kappa shape index (κ3) is 7.87. The fraction of sp³-hybridized carbons (Fsp3) is 1.00. The molecule has 2 N–H and O–H groups in total. The third-order valence-electron chi connectivity index (χ3n) is 1.05. The summed E-state index contributed by atoms with van der Waals surface area (Å²) in [5.74, 6) is -13.1. The Labute approximate surface area is 113 Å². The molecule has 19 heavy (non-hydrogen) atoms. The first kappa shape index (κ1) is 23.9. The van der Waals surface area contributed by atoms with Crippen molar-refractivity contribution >= 4 is 10.4 Å². The molecule has 15 heteroatoms. The number of halogens is 9. The summed E-state index contributed by atoms with van der Waals surface area (Å²) in [7, 11) is -4.67. The normalized spacial score (nSPS) is 13.5. The van der Waals surface area contributed by atoms with Crippen LogP contribution in [-0.4, -0.2) is 42.0 Å². The van der Waals surface area contributed by atoms with Crippen molar-refractivity contribution in [1.82, 2.24) is 0 Å². The maximum atomic E-state index is 11.6. The molecule has 0 aromatic carbocycles. The van der Waals surface area contributed by atoms with Crippen molar-refractivity contribution in [2.24, 2.45) is 0 Å². The zero-order chi connectivity index (χ0) is 15.6. The van der Waals surface area contributed by atoms with Crippen molar-refractivity contribution in [3.05, 3.63) is 0 Å². The standard InChI is InChI=1S/C4HF9.Li.H2O4S.H/c5-1(6)2(7,8)3(9,10)4(11,12)13;;1-5(2,3)4;/h1H;;(H2,1,2,3,4);/q;+1;;-1. The van der Waals surface area contributed by atoms with E-state index in [1.165, 1.54) is 0 Å². The average Bonchev–Trinajstić information content (AvgIpc) is 1.97. The summed E-state index contributed by atoms with van der Waals surface area (Å²) in [5.41, 5.74) is 0. The Morgan fingerprint density at radius 2 is 1.11 bits per heavy atom. The van der Waals surface area contributed by atoms with Crippen molar-refractivity contribution in [3.63, 3.8) is 0 Å². The average molecular weight is 326 g/mol. The number of alkyl halides is 9. The van der Waals surface area contributed by atoms with E-state index in [1.54, 1.807) is 0 Å². The zero-order valence-electron chi connectivity index (χ0n) is 9.60. The quantitative estimate of drug-likeness (QED) is 0.409. The molecular formula is C4H4F9LiO4S. The van der Waals surface area contributed by atoms with Crippen LogP contribution in [0.3, 0.4) is 0 Å². The molecule has 0 fully saturated rings. The molecule has 114 valence electrons. The third-order valence-corrected chi connectivity index (χ3v) is 1.05. The molecule has 0 radical (unpaired) electrons. The molecule has 0 aromatic rings. The van der Waals surface area contributed by atoms with Crippen LogP contribution in [0.5, 0.6) is 0 Å². The van der Waals surface area contributed by atoms with Gasteiger partial charge < -0.3 is 1.43 Å². The van der Waals surface area contributed by atoms with Gasteiger partial charge in [0.25, 0.3) is 0 Å². The smallest absolute Gasteiger partial charge is 1.00 e. The summed E-state index contributed by atoms with van der Waals surface area (Å²) in [5, 5.41) is 0. The van der Waals surface area contributed by atoms with Crippen LogP contribution in [0, 0.1) is 0 Å². The van der Waals surface area contributed by atoms with E-state index in [0.717, 1.165) is 0 Å². The molecule has 0 unspecified atom stereocenters. The molecule has 0 aliphatic carbocycles. The van der Waals surface area contributed by atoms with E-state index in [0.29, 0.717) is 0 Å². The first-order valence-corrected chi connectivity index (χ1v) is 4.64. The van der Waals surface area contributed by atoms with Gasteiger partial charge in [0.1, 0.15) is 0 Å². The molecule has 0 atom stereocenters. The Balaban J connectivity index is -0.000000158. The Morgan fingerprint density at radius 3 is 1.16 bits per heavy atom. The summed E-state index contributed by atoms with van der Waals surface area (Å²) < 4.78 is 134. The SMILES string of the molecule is FC(F)C(F)(F)C(F)(F)C(F)(F)F.O=S(=O)(O)O.[H-].[Li+]. The van der Waals surface area contributed by atoms with Gasteiger partial charge in [0.15, 0.2) is 0 Å². The second-order valence-corrected chi connectivity index (χ2v) is 3.34. The van der Waals surface area contributed by atoms with Crippen LogP contribution in [-0.2, 0) is 10.4 Å². The van der Waals surface area contributed by atoms with Crippen molar-refractivity contribution < 1.29 is 77.3 Å². The zero-order valence-corrected chi connectivity index (χ0v) is 9.41. The minimum Gasteiger partial charge on any atom is -1.00 e. The van der Waals surface area contributed by atoms with E-state index in [-0.39, 0.29) is 20.3 Å². The largest absolute Gasteiger partial charge is 1.00 e. The van der Waals surface area contributed by atoms with Gasteiger partial charge in [-0.2, -0.15) is 39.2 Å². The van der Waals surface area contributed by atoms with Crippen LogP contribution in [0.15, 0.2) is 0 Å². The Hall–Kier alpha value is -0.163. The van der Waals surface area contributed by atoms with Crippen LogP contribution in [0.4, 0.5) is 39.5 Å². The van der Waals surface area contributed by atoms with Gasteiger partial charge in [-0.05, 0) is 0 Å². The molecule has 0 rings (SSSR count). The molecule has 0 spiro atoms. The van der Waals surface area contributed by atoms with E-state index >= 15 is 0 Å². The number of rotatable bonds is 2. The summed E-state index contributed by atoms with van der Waals surface area (Å²) in [6, 6.07) is 0. The van der Waals surface area contributed by atoms with E-state index in [4.69, 9.17) is 17.5 Å². The van der Waals surface area contributed by atoms with Gasteiger partial charge in [0.05, 0.1) is 0 Å². The number of hydrogen-bond donors (Lipinski definition) is 2. The monoisotopic (exact) mass is 326 g/mol. The van der Waals surface area contributed by atoms with Gasteiger partial charge in [0, 0.05) is 0 Å². The molecular weight excluding hydrogens is 322 g/mol. The van der Waals surface area contributed by atoms with Crippen molar-refractivity contribution in [2.45, 2.75) is 24.4 Å². The Kier molecular flexibility index (Phi) is 8.83. The van der Waals surface area contributed by atoms with Gasteiger partial charge in [0.2, 0.25) is 0 Å². The van der Waals surface area contributed by atoms with Crippen LogP contribution in [0.1, 0.15) is 1.43 Å². The van der Waals surface area contributed by atoms with Gasteiger partial charge in [-0.15, -0.1) is 0 Å². The molecule has 0 aromatic heterocycles. The minimum atomic E-state index is -6.73. The molecule has 0 saturated heterocycles. The van der Waals surface area contributed by atoms with Crippen molar-refractivity contribution in [3.8, 4) is 0 Å². The maximum absolute atomic E-state index is 11.6. The van der Waals surface area contributed by atoms with Crippen LogP contribution < -0.4 is 18.9 Å². The summed E-state index contributed by atoms with van der Waals surface area (Å²) in [6.45, 7) is 0. The molecule has 0 bridgehead atoms. The Bertz CT molecular complexity index is 361. The second-order valence-electron chi connectivity index (χ2n) is 2.44. The van der Waals surface area contributed by atoms with Crippen molar-refractivity contribution in [1.29, 1.82) is 0 Å². The molecule has 0 aliphatic rings. The van der Waals surface area contributed by atoms with Gasteiger partial charge in [-0.1, -0.05) is 0 Å². The molecule has 0 saturated carbocycles.